The molecule has 3 heterocycles. The minimum absolute atomic E-state index is 0.0414. The molecule has 0 bridgehead atoms. The van der Waals surface area contributed by atoms with Crippen molar-refractivity contribution in [3.8, 4) is 0 Å². The van der Waals surface area contributed by atoms with E-state index in [0.29, 0.717) is 28.9 Å². The Bertz CT molecular complexity index is 980. The number of aryl methyl sites for hydroxylation is 1. The van der Waals surface area contributed by atoms with Crippen molar-refractivity contribution in [3.63, 3.8) is 0 Å². The molecule has 6 nitrogen and oxygen atoms in total. The van der Waals surface area contributed by atoms with E-state index in [4.69, 9.17) is 4.74 Å². The Labute approximate surface area is 174 Å². The zero-order chi connectivity index (χ0) is 20.4. The summed E-state index contributed by atoms with van der Waals surface area (Å²) in [5, 5.41) is 5.74. The molecule has 2 aliphatic heterocycles. The number of fused-ring (bicyclic) bond motifs is 1. The number of amides is 2. The summed E-state index contributed by atoms with van der Waals surface area (Å²) in [7, 11) is 0. The van der Waals surface area contributed by atoms with Gasteiger partial charge in [-0.05, 0) is 0 Å². The van der Waals surface area contributed by atoms with Crippen molar-refractivity contribution in [3.05, 3.63) is 50.1 Å². The zero-order valence-electron chi connectivity index (χ0n) is 16.1. The minimum atomic E-state index is -0.383. The molecule has 1 aromatic carbocycles. The number of halogens is 1. The predicted octanol–water partition coefficient (Wildman–Crippen LogP) is 1.75. The van der Waals surface area contributed by atoms with Crippen LogP contribution in [-0.4, -0.2) is 70.6 Å². The molecule has 0 saturated carbocycles. The summed E-state index contributed by atoms with van der Waals surface area (Å²) in [4.78, 5) is 27.1. The Balaban J connectivity index is 1.45. The summed E-state index contributed by atoms with van der Waals surface area (Å²) >= 11 is -0.0414. The second-order valence-electron chi connectivity index (χ2n) is 7.03. The summed E-state index contributed by atoms with van der Waals surface area (Å²) in [5.41, 5.74) is 2.28. The molecule has 1 aromatic heterocycles. The average Bonchev–Trinajstić information content (AvgIpc) is 3.22. The van der Waals surface area contributed by atoms with E-state index in [1.807, 2.05) is 13.0 Å². The van der Waals surface area contributed by atoms with Crippen molar-refractivity contribution in [1.29, 1.82) is 0 Å². The van der Waals surface area contributed by atoms with E-state index < -0.39 is 0 Å². The summed E-state index contributed by atoms with van der Waals surface area (Å²) in [6.07, 6.45) is 1.78. The standard InChI is InChI=1S/C21H22FN3O3Se/c1-13-16(20(26)23-4-5-25-6-8-28-9-7-25)11-15(29-13)12-18-17-10-14(22)2-3-19(17)24-21(18)27/h2-3,10-12H,4-9H2,1H3,(H,23,26)(H,24,27). The Morgan fingerprint density at radius 3 is 2.93 bits per heavy atom. The molecule has 4 rings (SSSR count). The molecule has 0 radical (unpaired) electrons. The van der Waals surface area contributed by atoms with Gasteiger partial charge in [0.2, 0.25) is 0 Å². The van der Waals surface area contributed by atoms with Crippen molar-refractivity contribution in [2.75, 3.05) is 44.7 Å². The maximum atomic E-state index is 13.6. The van der Waals surface area contributed by atoms with Gasteiger partial charge in [0.1, 0.15) is 0 Å². The van der Waals surface area contributed by atoms with Crippen LogP contribution in [0.4, 0.5) is 10.1 Å². The van der Waals surface area contributed by atoms with Crippen LogP contribution in [0.15, 0.2) is 24.3 Å². The van der Waals surface area contributed by atoms with Crippen LogP contribution in [0.25, 0.3) is 11.6 Å². The molecule has 0 aliphatic carbocycles. The van der Waals surface area contributed by atoms with Crippen LogP contribution in [-0.2, 0) is 9.53 Å². The molecule has 1 fully saturated rings. The number of carbonyl (C=O) groups is 2. The van der Waals surface area contributed by atoms with Crippen molar-refractivity contribution in [2.24, 2.45) is 0 Å². The summed E-state index contributed by atoms with van der Waals surface area (Å²) < 4.78 is 20.9. The second kappa shape index (κ2) is 8.63. The zero-order valence-corrected chi connectivity index (χ0v) is 17.8. The normalized spacial score (nSPS) is 18.0. The molecule has 2 aliphatic rings. The number of anilines is 1. The summed E-state index contributed by atoms with van der Waals surface area (Å²) in [5.74, 6) is -0.719. The Morgan fingerprint density at radius 1 is 1.34 bits per heavy atom. The van der Waals surface area contributed by atoms with E-state index in [1.54, 1.807) is 12.1 Å². The number of rotatable bonds is 5. The SMILES string of the molecule is Cc1[se]c(C=C2C(=O)Nc3ccc(F)cc32)cc1C(=O)NCCN1CCOCC1. The molecule has 2 N–H and O–H groups in total. The molecular formula is C21H22FN3O3Se. The number of hydrogen-bond acceptors (Lipinski definition) is 4. The molecular weight excluding hydrogens is 440 g/mol. The Morgan fingerprint density at radius 2 is 2.14 bits per heavy atom. The van der Waals surface area contributed by atoms with Gasteiger partial charge in [0.15, 0.2) is 0 Å². The van der Waals surface area contributed by atoms with Crippen molar-refractivity contribution in [1.82, 2.24) is 10.2 Å². The van der Waals surface area contributed by atoms with Crippen LogP contribution < -0.4 is 10.6 Å². The van der Waals surface area contributed by atoms with E-state index in [-0.39, 0.29) is 32.1 Å². The van der Waals surface area contributed by atoms with E-state index in [1.165, 1.54) is 12.1 Å². The van der Waals surface area contributed by atoms with Gasteiger partial charge in [0, 0.05) is 0 Å². The quantitative estimate of drug-likeness (QED) is 0.525. The van der Waals surface area contributed by atoms with Gasteiger partial charge < -0.3 is 0 Å². The number of morpholine rings is 1. The third-order valence-electron chi connectivity index (χ3n) is 5.05. The van der Waals surface area contributed by atoms with E-state index in [2.05, 4.69) is 15.5 Å². The van der Waals surface area contributed by atoms with Crippen LogP contribution in [0.5, 0.6) is 0 Å². The molecule has 2 aromatic rings. The number of nitrogens with one attached hydrogen (secondary N) is 2. The van der Waals surface area contributed by atoms with E-state index in [0.717, 1.165) is 41.7 Å². The summed E-state index contributed by atoms with van der Waals surface area (Å²) in [6, 6.07) is 6.10. The van der Waals surface area contributed by atoms with Crippen molar-refractivity contribution >= 4 is 43.7 Å². The first-order chi connectivity index (χ1) is 14.0. The monoisotopic (exact) mass is 463 g/mol. The van der Waals surface area contributed by atoms with Gasteiger partial charge in [-0.25, -0.2) is 0 Å². The van der Waals surface area contributed by atoms with Gasteiger partial charge in [0.05, 0.1) is 0 Å². The van der Waals surface area contributed by atoms with E-state index >= 15 is 0 Å². The summed E-state index contributed by atoms with van der Waals surface area (Å²) in [6.45, 7) is 6.59. The first-order valence-corrected chi connectivity index (χ1v) is 11.2. The van der Waals surface area contributed by atoms with Crippen LogP contribution in [0.1, 0.15) is 24.8 Å². The van der Waals surface area contributed by atoms with Gasteiger partial charge in [-0.2, -0.15) is 0 Å². The van der Waals surface area contributed by atoms with Gasteiger partial charge >= 0.3 is 174 Å². The first-order valence-electron chi connectivity index (χ1n) is 9.53. The Hall–Kier alpha value is -2.25. The van der Waals surface area contributed by atoms with E-state index in [9.17, 15) is 14.0 Å². The van der Waals surface area contributed by atoms with Crippen LogP contribution >= 0.6 is 0 Å². The maximum absolute atomic E-state index is 13.6. The van der Waals surface area contributed by atoms with Crippen LogP contribution in [0.2, 0.25) is 0 Å². The number of nitrogens with zero attached hydrogens (tertiary/aromatic N) is 1. The molecule has 152 valence electrons. The van der Waals surface area contributed by atoms with Gasteiger partial charge in [-0.3, -0.25) is 0 Å². The molecule has 0 spiro atoms. The number of benzene rings is 1. The fraction of sp³-hybridized carbons (Fsp3) is 0.333. The molecule has 8 heteroatoms. The van der Waals surface area contributed by atoms with Gasteiger partial charge in [0.25, 0.3) is 0 Å². The third-order valence-corrected chi connectivity index (χ3v) is 7.14. The predicted molar refractivity (Wildman–Crippen MR) is 111 cm³/mol. The molecule has 1 saturated heterocycles. The van der Waals surface area contributed by atoms with Crippen LogP contribution in [0.3, 0.4) is 0 Å². The molecule has 29 heavy (non-hydrogen) atoms. The fourth-order valence-corrected chi connectivity index (χ4v) is 5.53. The topological polar surface area (TPSA) is 70.7 Å². The van der Waals surface area contributed by atoms with Gasteiger partial charge in [-0.15, -0.1) is 0 Å². The molecule has 2 amide bonds. The second-order valence-corrected chi connectivity index (χ2v) is 9.73. The first kappa shape index (κ1) is 20.0. The molecule has 0 unspecified atom stereocenters. The number of carbonyl (C=O) groups excluding carboxylic acids is 2. The molecule has 0 atom stereocenters. The van der Waals surface area contributed by atoms with Crippen LogP contribution in [0, 0.1) is 12.7 Å². The third kappa shape index (κ3) is 4.51. The average molecular weight is 462 g/mol. The Kier molecular flexibility index (Phi) is 5.96. The van der Waals surface area contributed by atoms with Crippen molar-refractivity contribution < 1.29 is 18.7 Å². The number of ether oxygens (including phenoxy) is 1. The number of hydrogen-bond donors (Lipinski definition) is 2. The van der Waals surface area contributed by atoms with Gasteiger partial charge in [-0.1, -0.05) is 0 Å². The van der Waals surface area contributed by atoms with Crippen molar-refractivity contribution in [2.45, 2.75) is 6.92 Å². The fourth-order valence-electron chi connectivity index (χ4n) is 3.50.